The maximum atomic E-state index is 11.4. The summed E-state index contributed by atoms with van der Waals surface area (Å²) in [5.41, 5.74) is 1.91. The minimum atomic E-state index is -0.490. The Kier molecular flexibility index (Phi) is 4.89. The SMILES string of the molecule is CC(=O)CCCC1CCC2C3CC=C4C[C@@](C)(O)CCC4(C)C3CCC12C. The van der Waals surface area contributed by atoms with Crippen LogP contribution < -0.4 is 0 Å². The molecule has 0 aromatic heterocycles. The Labute approximate surface area is 166 Å². The van der Waals surface area contributed by atoms with Crippen molar-refractivity contribution in [2.45, 2.75) is 104 Å². The molecule has 152 valence electrons. The van der Waals surface area contributed by atoms with Gasteiger partial charge >= 0.3 is 0 Å². The van der Waals surface area contributed by atoms with Gasteiger partial charge in [0.1, 0.15) is 5.78 Å². The molecule has 2 heteroatoms. The Morgan fingerprint density at radius 2 is 1.89 bits per heavy atom. The second-order valence-corrected chi connectivity index (χ2v) is 11.3. The monoisotopic (exact) mass is 372 g/mol. The number of aliphatic hydroxyl groups is 1. The highest BCUT2D eigenvalue weighted by atomic mass is 16.3. The number of carbonyl (C=O) groups is 1. The Morgan fingerprint density at radius 3 is 2.63 bits per heavy atom. The third-order valence-electron chi connectivity index (χ3n) is 9.66. The van der Waals surface area contributed by atoms with Gasteiger partial charge in [0.05, 0.1) is 5.60 Å². The third kappa shape index (κ3) is 3.24. The van der Waals surface area contributed by atoms with Crippen molar-refractivity contribution in [2.75, 3.05) is 0 Å². The summed E-state index contributed by atoms with van der Waals surface area (Å²) in [6.45, 7) is 8.87. The van der Waals surface area contributed by atoms with E-state index in [4.69, 9.17) is 0 Å². The molecule has 0 aromatic rings. The number of ketones is 1. The largest absolute Gasteiger partial charge is 0.390 e. The van der Waals surface area contributed by atoms with Gasteiger partial charge in [-0.1, -0.05) is 25.5 Å². The van der Waals surface area contributed by atoms with E-state index in [1.807, 2.05) is 6.92 Å². The summed E-state index contributed by atoms with van der Waals surface area (Å²) in [5, 5.41) is 10.6. The van der Waals surface area contributed by atoms with Crippen molar-refractivity contribution >= 4 is 5.78 Å². The van der Waals surface area contributed by atoms with Crippen LogP contribution >= 0.6 is 0 Å². The highest BCUT2D eigenvalue weighted by Crippen LogP contribution is 2.67. The lowest BCUT2D eigenvalue weighted by atomic mass is 9.46. The van der Waals surface area contributed by atoms with E-state index in [-0.39, 0.29) is 0 Å². The Bertz CT molecular complexity index is 632. The van der Waals surface area contributed by atoms with E-state index < -0.39 is 5.60 Å². The first-order valence-electron chi connectivity index (χ1n) is 11.6. The highest BCUT2D eigenvalue weighted by Gasteiger charge is 2.58. The minimum Gasteiger partial charge on any atom is -0.390 e. The summed E-state index contributed by atoms with van der Waals surface area (Å²) < 4.78 is 0. The molecule has 27 heavy (non-hydrogen) atoms. The lowest BCUT2D eigenvalue weighted by Gasteiger charge is -2.59. The Morgan fingerprint density at radius 1 is 1.11 bits per heavy atom. The van der Waals surface area contributed by atoms with E-state index in [1.54, 1.807) is 12.5 Å². The van der Waals surface area contributed by atoms with Crippen LogP contribution in [0.4, 0.5) is 0 Å². The van der Waals surface area contributed by atoms with Gasteiger partial charge in [-0.05, 0) is 113 Å². The van der Waals surface area contributed by atoms with E-state index in [2.05, 4.69) is 19.9 Å². The first-order valence-corrected chi connectivity index (χ1v) is 11.6. The van der Waals surface area contributed by atoms with Crippen molar-refractivity contribution in [1.82, 2.24) is 0 Å². The van der Waals surface area contributed by atoms with E-state index in [1.165, 1.54) is 44.9 Å². The summed E-state index contributed by atoms with van der Waals surface area (Å²) in [6, 6.07) is 0. The number of fused-ring (bicyclic) bond motifs is 5. The first kappa shape index (κ1) is 19.7. The average molecular weight is 373 g/mol. The normalized spacial score (nSPS) is 49.0. The summed E-state index contributed by atoms with van der Waals surface area (Å²) in [7, 11) is 0. The minimum absolute atomic E-state index is 0.333. The summed E-state index contributed by atoms with van der Waals surface area (Å²) in [5.74, 6) is 3.72. The van der Waals surface area contributed by atoms with Gasteiger partial charge in [-0.15, -0.1) is 0 Å². The van der Waals surface area contributed by atoms with Crippen molar-refractivity contribution < 1.29 is 9.90 Å². The lowest BCUT2D eigenvalue weighted by Crippen LogP contribution is -2.51. The maximum absolute atomic E-state index is 11.4. The lowest BCUT2D eigenvalue weighted by molar-refractivity contribution is -0.117. The molecule has 0 bridgehead atoms. The number of carbonyl (C=O) groups excluding carboxylic acids is 1. The molecule has 3 fully saturated rings. The molecule has 4 rings (SSSR count). The molecule has 6 unspecified atom stereocenters. The second kappa shape index (κ2) is 6.71. The van der Waals surface area contributed by atoms with Gasteiger partial charge < -0.3 is 9.90 Å². The van der Waals surface area contributed by atoms with Crippen LogP contribution in [0.15, 0.2) is 11.6 Å². The predicted molar refractivity (Wildman–Crippen MR) is 110 cm³/mol. The third-order valence-corrected chi connectivity index (χ3v) is 9.66. The van der Waals surface area contributed by atoms with Gasteiger partial charge in [0, 0.05) is 6.42 Å². The van der Waals surface area contributed by atoms with Crippen LogP contribution in [0, 0.1) is 34.5 Å². The fourth-order valence-electron chi connectivity index (χ4n) is 7.98. The first-order chi connectivity index (χ1) is 12.7. The molecule has 4 aliphatic carbocycles. The van der Waals surface area contributed by atoms with Gasteiger partial charge in [-0.25, -0.2) is 0 Å². The number of allylic oxidation sites excluding steroid dienone is 1. The maximum Gasteiger partial charge on any atom is 0.129 e. The van der Waals surface area contributed by atoms with Crippen molar-refractivity contribution in [1.29, 1.82) is 0 Å². The van der Waals surface area contributed by atoms with Crippen LogP contribution in [-0.4, -0.2) is 16.5 Å². The van der Waals surface area contributed by atoms with Gasteiger partial charge in [0.2, 0.25) is 0 Å². The molecule has 3 saturated carbocycles. The molecule has 0 radical (unpaired) electrons. The van der Waals surface area contributed by atoms with Crippen LogP contribution in [0.25, 0.3) is 0 Å². The molecule has 0 aliphatic heterocycles. The molecule has 0 heterocycles. The van der Waals surface area contributed by atoms with E-state index in [0.717, 1.165) is 49.4 Å². The van der Waals surface area contributed by atoms with Crippen LogP contribution in [0.1, 0.15) is 98.3 Å². The molecule has 7 atom stereocenters. The van der Waals surface area contributed by atoms with Crippen molar-refractivity contribution in [2.24, 2.45) is 34.5 Å². The Balaban J connectivity index is 1.52. The van der Waals surface area contributed by atoms with Gasteiger partial charge in [-0.3, -0.25) is 0 Å². The van der Waals surface area contributed by atoms with Crippen LogP contribution in [0.2, 0.25) is 0 Å². The smallest absolute Gasteiger partial charge is 0.129 e. The van der Waals surface area contributed by atoms with Crippen molar-refractivity contribution in [3.8, 4) is 0 Å². The van der Waals surface area contributed by atoms with Gasteiger partial charge in [-0.2, -0.15) is 0 Å². The van der Waals surface area contributed by atoms with Crippen molar-refractivity contribution in [3.63, 3.8) is 0 Å². The molecule has 2 nitrogen and oxygen atoms in total. The number of Topliss-reactive ketones (excluding diaryl/α,β-unsaturated/α-hetero) is 1. The molecule has 4 aliphatic rings. The van der Waals surface area contributed by atoms with Crippen LogP contribution in [0.5, 0.6) is 0 Å². The topological polar surface area (TPSA) is 37.3 Å². The predicted octanol–water partition coefficient (Wildman–Crippen LogP) is 6.08. The quantitative estimate of drug-likeness (QED) is 0.608. The molecular formula is C25H40O2. The Hall–Kier alpha value is -0.630. The standard InChI is InChI=1S/C25H40O2/c1-17(26)6-5-7-18-9-11-21-20-10-8-19-16-23(2,27)14-15-25(19,4)22(20)12-13-24(18,21)3/h8,18,20-22,27H,5-7,9-16H2,1-4H3/t18?,20?,21?,22?,23-,24?,25?/m0/s1. The molecule has 0 aromatic carbocycles. The zero-order chi connectivity index (χ0) is 19.4. The fraction of sp³-hybridized carbons (Fsp3) is 0.880. The number of rotatable bonds is 4. The fourth-order valence-corrected chi connectivity index (χ4v) is 7.98. The zero-order valence-electron chi connectivity index (χ0n) is 18.0. The van der Waals surface area contributed by atoms with Crippen LogP contribution in [0.3, 0.4) is 0 Å². The van der Waals surface area contributed by atoms with E-state index >= 15 is 0 Å². The number of hydrogen-bond acceptors (Lipinski definition) is 2. The summed E-state index contributed by atoms with van der Waals surface area (Å²) >= 11 is 0. The number of hydrogen-bond donors (Lipinski definition) is 1. The molecule has 0 spiro atoms. The highest BCUT2D eigenvalue weighted by molar-refractivity contribution is 5.75. The molecule has 0 saturated heterocycles. The van der Waals surface area contributed by atoms with E-state index in [9.17, 15) is 9.90 Å². The average Bonchev–Trinajstić information content (AvgIpc) is 2.92. The molecule has 0 amide bonds. The van der Waals surface area contributed by atoms with Gasteiger partial charge in [0.25, 0.3) is 0 Å². The van der Waals surface area contributed by atoms with Crippen molar-refractivity contribution in [3.05, 3.63) is 11.6 Å². The van der Waals surface area contributed by atoms with E-state index in [0.29, 0.717) is 16.6 Å². The second-order valence-electron chi connectivity index (χ2n) is 11.3. The van der Waals surface area contributed by atoms with Gasteiger partial charge in [0.15, 0.2) is 0 Å². The van der Waals surface area contributed by atoms with Crippen LogP contribution in [-0.2, 0) is 4.79 Å². The summed E-state index contributed by atoms with van der Waals surface area (Å²) in [4.78, 5) is 11.4. The summed E-state index contributed by atoms with van der Waals surface area (Å²) in [6.07, 6.45) is 15.4. The zero-order valence-corrected chi connectivity index (χ0v) is 18.0. The molecular weight excluding hydrogens is 332 g/mol. The molecule has 1 N–H and O–H groups in total.